The van der Waals surface area contributed by atoms with Crippen molar-refractivity contribution >= 4 is 38.9 Å². The third-order valence-electron chi connectivity index (χ3n) is 5.48. The number of rotatable bonds is 4. The summed E-state index contributed by atoms with van der Waals surface area (Å²) in [4.78, 5) is 29.1. The van der Waals surface area contributed by atoms with E-state index >= 15 is 0 Å². The SMILES string of the molecule is Cc1ccc(S(=O)(=O)N2CCN(C(=O)C3CC(=O)N(c4ccccc4F)C3)CC2)s1. The lowest BCUT2D eigenvalue weighted by atomic mass is 10.1. The summed E-state index contributed by atoms with van der Waals surface area (Å²) in [6.45, 7) is 2.95. The van der Waals surface area contributed by atoms with Crippen molar-refractivity contribution in [2.75, 3.05) is 37.6 Å². The van der Waals surface area contributed by atoms with E-state index in [1.165, 1.54) is 32.7 Å². The number of benzene rings is 1. The molecule has 7 nitrogen and oxygen atoms in total. The van der Waals surface area contributed by atoms with Crippen LogP contribution in [0.3, 0.4) is 0 Å². The highest BCUT2D eigenvalue weighted by atomic mass is 32.2. The van der Waals surface area contributed by atoms with E-state index in [0.29, 0.717) is 4.21 Å². The highest BCUT2D eigenvalue weighted by Crippen LogP contribution is 2.29. The van der Waals surface area contributed by atoms with Crippen molar-refractivity contribution in [1.29, 1.82) is 0 Å². The lowest BCUT2D eigenvalue weighted by molar-refractivity contribution is -0.136. The highest BCUT2D eigenvalue weighted by molar-refractivity contribution is 7.91. The molecule has 3 heterocycles. The average molecular weight is 452 g/mol. The van der Waals surface area contributed by atoms with Gasteiger partial charge in [0.15, 0.2) is 0 Å². The Bertz CT molecular complexity index is 1080. The Balaban J connectivity index is 1.39. The number of piperazine rings is 1. The summed E-state index contributed by atoms with van der Waals surface area (Å²) < 4.78 is 41.3. The van der Waals surface area contributed by atoms with Gasteiger partial charge in [0.25, 0.3) is 10.0 Å². The number of amides is 2. The van der Waals surface area contributed by atoms with Crippen LogP contribution < -0.4 is 4.90 Å². The molecule has 0 aliphatic carbocycles. The van der Waals surface area contributed by atoms with Crippen molar-refractivity contribution in [2.45, 2.75) is 17.6 Å². The first-order valence-corrected chi connectivity index (χ1v) is 11.9. The topological polar surface area (TPSA) is 78.0 Å². The summed E-state index contributed by atoms with van der Waals surface area (Å²) in [5, 5.41) is 0. The third kappa shape index (κ3) is 3.86. The molecular formula is C20H22FN3O4S2. The number of carbonyl (C=O) groups is 2. The van der Waals surface area contributed by atoms with Crippen molar-refractivity contribution in [3.8, 4) is 0 Å². The smallest absolute Gasteiger partial charge is 0.252 e. The molecule has 2 aliphatic heterocycles. The molecule has 0 bridgehead atoms. The van der Waals surface area contributed by atoms with Gasteiger partial charge in [0.05, 0.1) is 11.6 Å². The molecule has 1 aromatic carbocycles. The Morgan fingerprint density at radius 2 is 1.80 bits per heavy atom. The molecule has 160 valence electrons. The number of anilines is 1. The van der Waals surface area contributed by atoms with Crippen LogP contribution >= 0.6 is 11.3 Å². The summed E-state index contributed by atoms with van der Waals surface area (Å²) in [6, 6.07) is 9.38. The van der Waals surface area contributed by atoms with Crippen LogP contribution in [-0.4, -0.2) is 62.2 Å². The standard InChI is InChI=1S/C20H22FN3O4S2/c1-14-6-7-19(29-14)30(27,28)23-10-8-22(9-11-23)20(26)15-12-18(25)24(13-15)17-5-3-2-4-16(17)21/h2-7,15H,8-13H2,1H3. The zero-order valence-electron chi connectivity index (χ0n) is 16.5. The van der Waals surface area contributed by atoms with E-state index in [1.807, 2.05) is 6.92 Å². The number of para-hydroxylation sites is 1. The molecule has 2 aromatic rings. The fraction of sp³-hybridized carbons (Fsp3) is 0.400. The summed E-state index contributed by atoms with van der Waals surface area (Å²) in [7, 11) is -3.56. The van der Waals surface area contributed by atoms with Crippen LogP contribution in [0, 0.1) is 18.7 Å². The van der Waals surface area contributed by atoms with E-state index in [2.05, 4.69) is 0 Å². The number of aryl methyl sites for hydroxylation is 1. The van der Waals surface area contributed by atoms with Crippen LogP contribution in [0.1, 0.15) is 11.3 Å². The van der Waals surface area contributed by atoms with E-state index < -0.39 is 21.8 Å². The van der Waals surface area contributed by atoms with Crippen LogP contribution in [0.25, 0.3) is 0 Å². The highest BCUT2D eigenvalue weighted by Gasteiger charge is 2.39. The Morgan fingerprint density at radius 3 is 2.43 bits per heavy atom. The summed E-state index contributed by atoms with van der Waals surface area (Å²) >= 11 is 1.23. The first-order valence-electron chi connectivity index (χ1n) is 9.67. The fourth-order valence-electron chi connectivity index (χ4n) is 3.86. The minimum atomic E-state index is -3.56. The number of nitrogens with zero attached hydrogens (tertiary/aromatic N) is 3. The molecule has 2 saturated heterocycles. The molecule has 1 aromatic heterocycles. The van der Waals surface area contributed by atoms with E-state index in [1.54, 1.807) is 29.2 Å². The van der Waals surface area contributed by atoms with Gasteiger partial charge in [-0.1, -0.05) is 12.1 Å². The second-order valence-electron chi connectivity index (χ2n) is 7.45. The molecule has 2 fully saturated rings. The van der Waals surface area contributed by atoms with Crippen LogP contribution in [0.15, 0.2) is 40.6 Å². The molecule has 2 amide bonds. The second kappa shape index (κ2) is 8.09. The summed E-state index contributed by atoms with van der Waals surface area (Å²) in [6.07, 6.45) is 0.0279. The Kier molecular flexibility index (Phi) is 5.65. The molecule has 1 atom stereocenters. The lowest BCUT2D eigenvalue weighted by Gasteiger charge is -2.34. The van der Waals surface area contributed by atoms with E-state index in [9.17, 15) is 22.4 Å². The average Bonchev–Trinajstić information content (AvgIpc) is 3.34. The van der Waals surface area contributed by atoms with Gasteiger partial charge in [0, 0.05) is 44.0 Å². The van der Waals surface area contributed by atoms with Crippen molar-refractivity contribution in [1.82, 2.24) is 9.21 Å². The first-order chi connectivity index (χ1) is 14.3. The van der Waals surface area contributed by atoms with Gasteiger partial charge in [0.1, 0.15) is 10.0 Å². The van der Waals surface area contributed by atoms with Crippen LogP contribution in [0.2, 0.25) is 0 Å². The van der Waals surface area contributed by atoms with Crippen LogP contribution in [0.4, 0.5) is 10.1 Å². The normalized spacial score (nSPS) is 20.7. The van der Waals surface area contributed by atoms with Gasteiger partial charge in [-0.05, 0) is 31.2 Å². The number of hydrogen-bond acceptors (Lipinski definition) is 5. The number of halogens is 1. The predicted octanol–water partition coefficient (Wildman–Crippen LogP) is 2.08. The molecule has 0 N–H and O–H groups in total. The largest absolute Gasteiger partial charge is 0.340 e. The monoisotopic (exact) mass is 451 g/mol. The van der Waals surface area contributed by atoms with Crippen molar-refractivity contribution in [3.63, 3.8) is 0 Å². The number of carbonyl (C=O) groups excluding carboxylic acids is 2. The molecule has 0 saturated carbocycles. The molecule has 4 rings (SSSR count). The maximum absolute atomic E-state index is 14.0. The number of hydrogen-bond donors (Lipinski definition) is 0. The van der Waals surface area contributed by atoms with Gasteiger partial charge in [-0.2, -0.15) is 4.31 Å². The number of thiophene rings is 1. The fourth-order valence-corrected chi connectivity index (χ4v) is 6.72. The van der Waals surface area contributed by atoms with E-state index in [-0.39, 0.29) is 56.6 Å². The Hall–Kier alpha value is -2.30. The quantitative estimate of drug-likeness (QED) is 0.713. The minimum Gasteiger partial charge on any atom is -0.340 e. The second-order valence-corrected chi connectivity index (χ2v) is 10.9. The summed E-state index contributed by atoms with van der Waals surface area (Å²) in [5.74, 6) is -1.53. The number of sulfonamides is 1. The molecule has 0 radical (unpaired) electrons. The predicted molar refractivity (Wildman–Crippen MR) is 111 cm³/mol. The Labute approximate surface area is 178 Å². The van der Waals surface area contributed by atoms with Crippen molar-refractivity contribution in [2.24, 2.45) is 5.92 Å². The van der Waals surface area contributed by atoms with Crippen molar-refractivity contribution < 1.29 is 22.4 Å². The van der Waals surface area contributed by atoms with Gasteiger partial charge in [0.2, 0.25) is 11.8 Å². The lowest BCUT2D eigenvalue weighted by Crippen LogP contribution is -2.52. The van der Waals surface area contributed by atoms with Gasteiger partial charge >= 0.3 is 0 Å². The Morgan fingerprint density at radius 1 is 1.10 bits per heavy atom. The first kappa shape index (κ1) is 21.0. The van der Waals surface area contributed by atoms with Gasteiger partial charge in [-0.25, -0.2) is 12.8 Å². The van der Waals surface area contributed by atoms with E-state index in [4.69, 9.17) is 0 Å². The maximum atomic E-state index is 14.0. The zero-order chi connectivity index (χ0) is 21.5. The van der Waals surface area contributed by atoms with Gasteiger partial charge < -0.3 is 9.80 Å². The van der Waals surface area contributed by atoms with Crippen molar-refractivity contribution in [3.05, 3.63) is 47.1 Å². The maximum Gasteiger partial charge on any atom is 0.252 e. The molecular weight excluding hydrogens is 429 g/mol. The minimum absolute atomic E-state index is 0.0279. The molecule has 2 aliphatic rings. The zero-order valence-corrected chi connectivity index (χ0v) is 18.1. The van der Waals surface area contributed by atoms with Crippen LogP contribution in [0.5, 0.6) is 0 Å². The molecule has 10 heteroatoms. The molecule has 30 heavy (non-hydrogen) atoms. The molecule has 0 spiro atoms. The van der Waals surface area contributed by atoms with Gasteiger partial charge in [-0.15, -0.1) is 11.3 Å². The van der Waals surface area contributed by atoms with E-state index in [0.717, 1.165) is 4.88 Å². The molecule has 1 unspecified atom stereocenters. The third-order valence-corrected chi connectivity index (χ3v) is 8.84. The van der Waals surface area contributed by atoms with Crippen LogP contribution in [-0.2, 0) is 19.6 Å². The van der Waals surface area contributed by atoms with Gasteiger partial charge in [-0.3, -0.25) is 9.59 Å². The summed E-state index contributed by atoms with van der Waals surface area (Å²) in [5.41, 5.74) is 0.181.